The molecule has 3 aliphatic rings. The third-order valence-corrected chi connectivity index (χ3v) is 12.7. The van der Waals surface area contributed by atoms with E-state index in [1.165, 1.54) is 30.5 Å². The number of carboxylic acid groups (broad SMARTS) is 1. The summed E-state index contributed by atoms with van der Waals surface area (Å²) in [6.07, 6.45) is 2.51. The number of nitrogens with zero attached hydrogens (tertiary/aromatic N) is 5. The number of fused-ring (bicyclic) bond motifs is 4. The zero-order chi connectivity index (χ0) is 48.5. The molecule has 358 valence electrons. The smallest absolute Gasteiger partial charge is 0.336 e. The van der Waals surface area contributed by atoms with Crippen molar-refractivity contribution in [2.24, 2.45) is 0 Å². The predicted octanol–water partition coefficient (Wildman–Crippen LogP) is 9.74. The lowest BCUT2D eigenvalue weighted by molar-refractivity contribution is 0.0303. The highest BCUT2D eigenvalue weighted by Crippen LogP contribution is 2.44. The number of aromatic nitrogens is 2. The van der Waals surface area contributed by atoms with Gasteiger partial charge >= 0.3 is 5.97 Å². The molecule has 13 nitrogen and oxygen atoms in total. The van der Waals surface area contributed by atoms with Crippen LogP contribution in [0.25, 0.3) is 21.8 Å². The van der Waals surface area contributed by atoms with Gasteiger partial charge in [-0.05, 0) is 58.7 Å². The summed E-state index contributed by atoms with van der Waals surface area (Å²) in [4.78, 5) is 66.7. The molecule has 0 atom stereocenters. The number of carbonyl (C=O) groups excluding carboxylic acids is 3. The van der Waals surface area contributed by atoms with Crippen LogP contribution in [0.2, 0.25) is 0 Å². The third-order valence-electron chi connectivity index (χ3n) is 12.7. The number of carbonyl (C=O) groups is 4. The highest BCUT2D eigenvalue weighted by atomic mass is 19.1. The van der Waals surface area contributed by atoms with Crippen molar-refractivity contribution in [3.8, 4) is 11.5 Å². The number of ether oxygens (including phenoxy) is 2. The number of hydrogen-bond acceptors (Lipinski definition) is 9. The van der Waals surface area contributed by atoms with Crippen LogP contribution >= 0.6 is 0 Å². The Hall–Kier alpha value is -8.56. The van der Waals surface area contributed by atoms with Crippen LogP contribution < -0.4 is 4.74 Å². The molecule has 2 aromatic heterocycles. The van der Waals surface area contributed by atoms with Crippen molar-refractivity contribution >= 4 is 45.5 Å². The van der Waals surface area contributed by atoms with Gasteiger partial charge in [0, 0.05) is 73.6 Å². The number of aromatic carboxylic acids is 1. The molecule has 5 heterocycles. The van der Waals surface area contributed by atoms with Crippen LogP contribution in [0, 0.1) is 11.6 Å². The first-order chi connectivity index (χ1) is 34.0. The number of benzene rings is 6. The Kier molecular flexibility index (Phi) is 13.5. The number of rotatable bonds is 10. The molecule has 2 N–H and O–H groups in total. The van der Waals surface area contributed by atoms with Gasteiger partial charge in [0.25, 0.3) is 17.7 Å². The van der Waals surface area contributed by atoms with Gasteiger partial charge in [-0.25, -0.2) is 13.6 Å². The van der Waals surface area contributed by atoms with E-state index in [2.05, 4.69) is 9.97 Å². The number of hydrogen-bond donors (Lipinski definition) is 2. The van der Waals surface area contributed by atoms with Gasteiger partial charge in [-0.1, -0.05) is 104 Å². The molecule has 0 saturated carbocycles. The second-order valence-corrected chi connectivity index (χ2v) is 17.0. The zero-order valence-corrected chi connectivity index (χ0v) is 37.4. The Balaban J connectivity index is 0.000000178. The van der Waals surface area contributed by atoms with E-state index in [4.69, 9.17) is 9.47 Å². The Morgan fingerprint density at radius 1 is 0.634 bits per heavy atom. The first-order valence-corrected chi connectivity index (χ1v) is 22.6. The second-order valence-electron chi connectivity index (χ2n) is 17.0. The summed E-state index contributed by atoms with van der Waals surface area (Å²) in [5, 5.41) is 22.0. The van der Waals surface area contributed by atoms with E-state index in [1.54, 1.807) is 69.4 Å². The fraction of sp³-hybridized carbons (Fsp3) is 0.179. The normalized spacial score (nSPS) is 14.0. The van der Waals surface area contributed by atoms with Gasteiger partial charge in [-0.15, -0.1) is 0 Å². The molecule has 11 rings (SSSR count). The minimum Gasteiger partial charge on any atom is -0.505 e. The topological polar surface area (TPSA) is 163 Å². The Labute approximate surface area is 407 Å². The van der Waals surface area contributed by atoms with Crippen LogP contribution in [-0.4, -0.2) is 84.9 Å². The van der Waals surface area contributed by atoms with Crippen molar-refractivity contribution in [3.63, 3.8) is 0 Å². The van der Waals surface area contributed by atoms with E-state index in [0.29, 0.717) is 59.3 Å². The number of morpholine rings is 1. The Morgan fingerprint density at radius 3 is 1.63 bits per heavy atom. The molecule has 0 radical (unpaired) electrons. The lowest BCUT2D eigenvalue weighted by Crippen LogP contribution is -2.41. The second kappa shape index (κ2) is 20.2. The summed E-state index contributed by atoms with van der Waals surface area (Å²) in [6.45, 7) is 2.52. The van der Waals surface area contributed by atoms with Gasteiger partial charge in [0.1, 0.15) is 28.8 Å². The fourth-order valence-corrected chi connectivity index (χ4v) is 9.40. The van der Waals surface area contributed by atoms with Gasteiger partial charge in [-0.3, -0.25) is 24.4 Å². The largest absolute Gasteiger partial charge is 0.505 e. The number of carboxylic acids is 1. The molecule has 3 amide bonds. The van der Waals surface area contributed by atoms with Crippen LogP contribution in [0.1, 0.15) is 88.3 Å². The van der Waals surface area contributed by atoms with E-state index in [-0.39, 0.29) is 96.7 Å². The molecule has 15 heteroatoms. The first-order valence-electron chi connectivity index (χ1n) is 22.6. The highest BCUT2D eigenvalue weighted by molar-refractivity contribution is 6.16. The Morgan fingerprint density at radius 2 is 1.11 bits per heavy atom. The minimum absolute atomic E-state index is 0. The van der Waals surface area contributed by atoms with Crippen LogP contribution in [0.3, 0.4) is 0 Å². The van der Waals surface area contributed by atoms with Crippen molar-refractivity contribution in [1.29, 1.82) is 0 Å². The maximum atomic E-state index is 13.9. The summed E-state index contributed by atoms with van der Waals surface area (Å²) in [5.41, 5.74) is 5.39. The summed E-state index contributed by atoms with van der Waals surface area (Å²) in [7, 11) is 0. The number of halogens is 2. The van der Waals surface area contributed by atoms with Crippen LogP contribution in [0.4, 0.5) is 8.78 Å². The number of aromatic hydroxyl groups is 1. The van der Waals surface area contributed by atoms with E-state index < -0.39 is 12.1 Å². The van der Waals surface area contributed by atoms with Crippen LogP contribution in [-0.2, 0) is 30.9 Å². The number of amides is 3. The average Bonchev–Trinajstić information content (AvgIpc) is 3.88. The number of pyridine rings is 2. The van der Waals surface area contributed by atoms with Crippen molar-refractivity contribution in [3.05, 3.63) is 213 Å². The van der Waals surface area contributed by atoms with E-state index in [9.17, 15) is 38.2 Å². The summed E-state index contributed by atoms with van der Waals surface area (Å²) < 4.78 is 38.8. The molecule has 71 heavy (non-hydrogen) atoms. The minimum atomic E-state index is -1.14. The molecule has 0 bridgehead atoms. The maximum absolute atomic E-state index is 13.9. The molecule has 3 aliphatic heterocycles. The maximum Gasteiger partial charge on any atom is 0.336 e. The summed E-state index contributed by atoms with van der Waals surface area (Å²) in [5.74, 6) is -2.77. The predicted molar refractivity (Wildman–Crippen MR) is 261 cm³/mol. The molecule has 0 aliphatic carbocycles. The van der Waals surface area contributed by atoms with E-state index in [0.717, 1.165) is 22.3 Å². The molecule has 8 aromatic rings. The quantitative estimate of drug-likeness (QED) is 0.135. The standard InChI is InChI=1S/C32H23FN2O4.C23H20FN3O4.CH4/c33-23-15-13-20(14-16-23)18-35-19-25-26(32(37)38)24-12-7-17-34-28(24)30(27(25)31(35)36)39-29(21-8-3-1-4-9-21)22-10-5-2-6-11-22;24-15-5-3-14(4-6-15)12-27-13-17-18(22(29)26-8-10-31-11-9-26)16-2-1-7-25-20(16)21(28)19(17)23(27)30;/h1-17,29H,18-19H2,(H,37,38);1-7,28H,8-13H2;1H4. The summed E-state index contributed by atoms with van der Waals surface area (Å²) >= 11 is 0. The van der Waals surface area contributed by atoms with Gasteiger partial charge in [0.2, 0.25) is 0 Å². The lowest BCUT2D eigenvalue weighted by Gasteiger charge is -2.28. The first kappa shape index (κ1) is 47.5. The Bertz CT molecular complexity index is 3280. The monoisotopic (exact) mass is 955 g/mol. The van der Waals surface area contributed by atoms with Crippen molar-refractivity contribution in [1.82, 2.24) is 24.7 Å². The van der Waals surface area contributed by atoms with Crippen molar-refractivity contribution < 1.29 is 47.6 Å². The molecule has 6 aromatic carbocycles. The third kappa shape index (κ3) is 9.22. The molecular weight excluding hydrogens is 909 g/mol. The average molecular weight is 956 g/mol. The SMILES string of the molecule is C.O=C(O)c1c2c(c(OC(c3ccccc3)c3ccccc3)c3ncccc13)C(=O)N(Cc1ccc(F)cc1)C2.O=C1c2c(c(C(=O)N3CCOCC3)c3cccnc3c2O)CN1Cc1ccc(F)cc1. The van der Waals surface area contributed by atoms with Crippen molar-refractivity contribution in [2.75, 3.05) is 26.3 Å². The molecule has 0 spiro atoms. The van der Waals surface area contributed by atoms with E-state index >= 15 is 0 Å². The van der Waals surface area contributed by atoms with Crippen molar-refractivity contribution in [2.45, 2.75) is 39.7 Å². The fourth-order valence-electron chi connectivity index (χ4n) is 9.40. The van der Waals surface area contributed by atoms with Crippen LogP contribution in [0.5, 0.6) is 11.5 Å². The zero-order valence-electron chi connectivity index (χ0n) is 37.4. The highest BCUT2D eigenvalue weighted by Gasteiger charge is 2.40. The molecule has 1 saturated heterocycles. The molecule has 0 unspecified atom stereocenters. The van der Waals surface area contributed by atoms with E-state index in [1.807, 2.05) is 60.7 Å². The van der Waals surface area contributed by atoms with Gasteiger partial charge in [-0.2, -0.15) is 0 Å². The van der Waals surface area contributed by atoms with Gasteiger partial charge < -0.3 is 34.4 Å². The van der Waals surface area contributed by atoms with Gasteiger partial charge in [0.15, 0.2) is 11.5 Å². The lowest BCUT2D eigenvalue weighted by atomic mass is 9.95. The molecule has 1 fully saturated rings. The van der Waals surface area contributed by atoms with Crippen LogP contribution in [0.15, 0.2) is 146 Å². The van der Waals surface area contributed by atoms with Gasteiger partial charge in [0.05, 0.1) is 35.5 Å². The molecular formula is C56H47F2N5O8. The number of phenolic OH excluding ortho intramolecular Hbond substituents is 1. The number of phenols is 1. The summed E-state index contributed by atoms with van der Waals surface area (Å²) in [6, 6.07) is 37.9.